The van der Waals surface area contributed by atoms with Crippen molar-refractivity contribution in [3.63, 3.8) is 0 Å². The summed E-state index contributed by atoms with van der Waals surface area (Å²) in [5, 5.41) is 0.683. The molecule has 4 heteroatoms. The second kappa shape index (κ2) is 3.87. The average molecular weight is 220 g/mol. The minimum absolute atomic E-state index is 0.470. The molecule has 1 aromatic heterocycles. The van der Waals surface area contributed by atoms with Crippen LogP contribution in [0, 0.1) is 6.92 Å². The summed E-state index contributed by atoms with van der Waals surface area (Å²) >= 11 is 5.90. The van der Waals surface area contributed by atoms with Crippen molar-refractivity contribution in [1.82, 2.24) is 9.97 Å². The molecule has 2 rings (SSSR count). The van der Waals surface area contributed by atoms with Crippen molar-refractivity contribution in [1.29, 1.82) is 0 Å². The maximum Gasteiger partial charge on any atom is 0.128 e. The Balaban J connectivity index is 2.54. The van der Waals surface area contributed by atoms with Gasteiger partial charge in [-0.2, -0.15) is 0 Å². The number of hydrogen-bond acceptors (Lipinski definition) is 3. The Bertz CT molecular complexity index is 477. The third kappa shape index (κ3) is 2.25. The molecule has 0 radical (unpaired) electrons. The van der Waals surface area contributed by atoms with E-state index in [1.54, 1.807) is 6.07 Å². The lowest BCUT2D eigenvalue weighted by molar-refractivity contribution is 1.07. The first-order valence-corrected chi connectivity index (χ1v) is 4.90. The summed E-state index contributed by atoms with van der Waals surface area (Å²) in [5.41, 5.74) is 7.39. The second-order valence-electron chi connectivity index (χ2n) is 3.24. The van der Waals surface area contributed by atoms with Gasteiger partial charge < -0.3 is 5.73 Å². The van der Waals surface area contributed by atoms with Crippen LogP contribution in [0.3, 0.4) is 0 Å². The minimum Gasteiger partial charge on any atom is -0.384 e. The molecule has 0 unspecified atom stereocenters. The van der Waals surface area contributed by atoms with E-state index in [0.717, 1.165) is 11.3 Å². The number of nitrogens with two attached hydrogens (primary N) is 1. The highest BCUT2D eigenvalue weighted by molar-refractivity contribution is 6.30. The van der Waals surface area contributed by atoms with Crippen LogP contribution in [0.2, 0.25) is 5.02 Å². The van der Waals surface area contributed by atoms with Gasteiger partial charge in [-0.1, -0.05) is 23.7 Å². The topological polar surface area (TPSA) is 51.8 Å². The molecule has 0 saturated carbocycles. The van der Waals surface area contributed by atoms with Crippen molar-refractivity contribution in [2.75, 3.05) is 5.73 Å². The quantitative estimate of drug-likeness (QED) is 0.802. The third-order valence-corrected chi connectivity index (χ3v) is 2.21. The summed E-state index contributed by atoms with van der Waals surface area (Å²) in [6.45, 7) is 1.81. The number of anilines is 1. The predicted molar refractivity (Wildman–Crippen MR) is 61.6 cm³/mol. The lowest BCUT2D eigenvalue weighted by Crippen LogP contribution is -1.97. The van der Waals surface area contributed by atoms with Crippen LogP contribution in [0.5, 0.6) is 0 Å². The van der Waals surface area contributed by atoms with Crippen molar-refractivity contribution in [3.05, 3.63) is 41.2 Å². The van der Waals surface area contributed by atoms with Crippen molar-refractivity contribution in [2.45, 2.75) is 6.92 Å². The van der Waals surface area contributed by atoms with Gasteiger partial charge in [0.25, 0.3) is 0 Å². The number of rotatable bonds is 1. The van der Waals surface area contributed by atoms with Gasteiger partial charge in [0.15, 0.2) is 0 Å². The van der Waals surface area contributed by atoms with E-state index < -0.39 is 0 Å². The van der Waals surface area contributed by atoms with E-state index in [1.807, 2.05) is 31.2 Å². The molecule has 1 heterocycles. The predicted octanol–water partition coefficient (Wildman–Crippen LogP) is 2.69. The van der Waals surface area contributed by atoms with Crippen LogP contribution in [-0.4, -0.2) is 9.97 Å². The smallest absolute Gasteiger partial charge is 0.128 e. The first-order chi connectivity index (χ1) is 7.15. The molecule has 3 nitrogen and oxygen atoms in total. The molecule has 0 fully saturated rings. The highest BCUT2D eigenvalue weighted by Crippen LogP contribution is 2.21. The molecule has 0 aliphatic rings. The Morgan fingerprint density at radius 1 is 1.20 bits per heavy atom. The lowest BCUT2D eigenvalue weighted by atomic mass is 10.1. The molecule has 15 heavy (non-hydrogen) atoms. The maximum absolute atomic E-state index is 5.90. The zero-order valence-corrected chi connectivity index (χ0v) is 8.99. The van der Waals surface area contributed by atoms with Gasteiger partial charge in [-0.3, -0.25) is 0 Å². The Hall–Kier alpha value is -1.61. The molecule has 0 atom stereocenters. The highest BCUT2D eigenvalue weighted by atomic mass is 35.5. The molecule has 0 spiro atoms. The summed E-state index contributed by atoms with van der Waals surface area (Å²) < 4.78 is 0. The van der Waals surface area contributed by atoms with E-state index >= 15 is 0 Å². The fourth-order valence-electron chi connectivity index (χ4n) is 1.39. The number of halogens is 1. The monoisotopic (exact) mass is 219 g/mol. The molecule has 2 aromatic rings. The zero-order chi connectivity index (χ0) is 10.8. The number of hydrogen-bond donors (Lipinski definition) is 1. The van der Waals surface area contributed by atoms with Crippen molar-refractivity contribution >= 4 is 17.4 Å². The molecule has 2 N–H and O–H groups in total. The zero-order valence-electron chi connectivity index (χ0n) is 8.24. The van der Waals surface area contributed by atoms with Crippen LogP contribution in [-0.2, 0) is 0 Å². The van der Waals surface area contributed by atoms with Crippen LogP contribution >= 0.6 is 11.6 Å². The third-order valence-electron chi connectivity index (χ3n) is 1.98. The van der Waals surface area contributed by atoms with Gasteiger partial charge in [0.2, 0.25) is 0 Å². The Kier molecular flexibility index (Phi) is 2.56. The fourth-order valence-corrected chi connectivity index (χ4v) is 1.58. The van der Waals surface area contributed by atoms with Gasteiger partial charge in [0.1, 0.15) is 11.6 Å². The lowest BCUT2D eigenvalue weighted by Gasteiger charge is -2.03. The molecule has 76 valence electrons. The Morgan fingerprint density at radius 3 is 2.67 bits per heavy atom. The summed E-state index contributed by atoms with van der Waals surface area (Å²) in [6, 6.07) is 9.22. The number of aromatic nitrogens is 2. The van der Waals surface area contributed by atoms with E-state index in [9.17, 15) is 0 Å². The molecule has 0 bridgehead atoms. The van der Waals surface area contributed by atoms with E-state index in [0.29, 0.717) is 16.7 Å². The number of nitrogens with zero attached hydrogens (tertiary/aromatic N) is 2. The molecule has 0 saturated heterocycles. The van der Waals surface area contributed by atoms with Gasteiger partial charge in [0.05, 0.1) is 5.69 Å². The summed E-state index contributed by atoms with van der Waals surface area (Å²) in [5.74, 6) is 1.13. The summed E-state index contributed by atoms with van der Waals surface area (Å²) in [6.07, 6.45) is 0. The van der Waals surface area contributed by atoms with Crippen molar-refractivity contribution in [2.24, 2.45) is 0 Å². The van der Waals surface area contributed by atoms with Gasteiger partial charge in [-0.15, -0.1) is 0 Å². The van der Waals surface area contributed by atoms with E-state index in [1.165, 1.54) is 0 Å². The van der Waals surface area contributed by atoms with Crippen LogP contribution in [0.15, 0.2) is 30.3 Å². The summed E-state index contributed by atoms with van der Waals surface area (Å²) in [7, 11) is 0. The van der Waals surface area contributed by atoms with Gasteiger partial charge >= 0.3 is 0 Å². The van der Waals surface area contributed by atoms with Crippen LogP contribution in [0.4, 0.5) is 5.82 Å². The number of aryl methyl sites for hydroxylation is 1. The van der Waals surface area contributed by atoms with Crippen LogP contribution in [0.1, 0.15) is 5.82 Å². The second-order valence-corrected chi connectivity index (χ2v) is 3.67. The normalized spacial score (nSPS) is 10.3. The maximum atomic E-state index is 5.90. The molecule has 0 aliphatic carbocycles. The van der Waals surface area contributed by atoms with E-state index in [2.05, 4.69) is 9.97 Å². The SMILES string of the molecule is Cc1nc(N)cc(-c2cccc(Cl)c2)n1. The standard InChI is InChI=1S/C11H10ClN3/c1-7-14-10(6-11(13)15-7)8-3-2-4-9(12)5-8/h2-6H,1H3,(H2,13,14,15). The number of nitrogen functional groups attached to an aromatic ring is 1. The minimum atomic E-state index is 0.470. The molecular weight excluding hydrogens is 210 g/mol. The Labute approximate surface area is 92.9 Å². The van der Waals surface area contributed by atoms with Crippen LogP contribution in [0.25, 0.3) is 11.3 Å². The molecule has 0 amide bonds. The number of benzene rings is 1. The van der Waals surface area contributed by atoms with Gasteiger partial charge in [0, 0.05) is 16.7 Å². The highest BCUT2D eigenvalue weighted by Gasteiger charge is 2.02. The molecular formula is C11H10ClN3. The van der Waals surface area contributed by atoms with Crippen molar-refractivity contribution < 1.29 is 0 Å². The van der Waals surface area contributed by atoms with Crippen molar-refractivity contribution in [3.8, 4) is 11.3 Å². The van der Waals surface area contributed by atoms with Gasteiger partial charge in [-0.25, -0.2) is 9.97 Å². The average Bonchev–Trinajstić information content (AvgIpc) is 2.16. The summed E-state index contributed by atoms with van der Waals surface area (Å²) in [4.78, 5) is 8.31. The first-order valence-electron chi connectivity index (χ1n) is 4.52. The van der Waals surface area contributed by atoms with E-state index in [-0.39, 0.29) is 0 Å². The van der Waals surface area contributed by atoms with Gasteiger partial charge in [-0.05, 0) is 19.1 Å². The molecule has 0 aliphatic heterocycles. The van der Waals surface area contributed by atoms with E-state index in [4.69, 9.17) is 17.3 Å². The fraction of sp³-hybridized carbons (Fsp3) is 0.0909. The molecule has 1 aromatic carbocycles. The first kappa shape index (κ1) is 9.93. The largest absolute Gasteiger partial charge is 0.384 e. The van der Waals surface area contributed by atoms with Crippen LogP contribution < -0.4 is 5.73 Å². The Morgan fingerprint density at radius 2 is 2.00 bits per heavy atom.